The SMILES string of the molecule is CN(c1ccccc1)c1ccc(C(=O)O)cc1N. The van der Waals surface area contributed by atoms with E-state index in [-0.39, 0.29) is 5.56 Å². The third-order valence-electron chi connectivity index (χ3n) is 2.78. The zero-order chi connectivity index (χ0) is 13.1. The highest BCUT2D eigenvalue weighted by atomic mass is 16.4. The van der Waals surface area contributed by atoms with Gasteiger partial charge < -0.3 is 15.7 Å². The summed E-state index contributed by atoms with van der Waals surface area (Å²) in [5.41, 5.74) is 8.31. The third-order valence-corrected chi connectivity index (χ3v) is 2.78. The van der Waals surface area contributed by atoms with Crippen LogP contribution in [0.3, 0.4) is 0 Å². The Kier molecular flexibility index (Phi) is 3.19. The first-order valence-corrected chi connectivity index (χ1v) is 5.51. The molecule has 0 saturated heterocycles. The molecule has 0 bridgehead atoms. The summed E-state index contributed by atoms with van der Waals surface area (Å²) in [6.45, 7) is 0. The van der Waals surface area contributed by atoms with Crippen LogP contribution in [0, 0.1) is 0 Å². The molecule has 0 fully saturated rings. The fraction of sp³-hybridized carbons (Fsp3) is 0.0714. The van der Waals surface area contributed by atoms with Crippen molar-refractivity contribution in [1.29, 1.82) is 0 Å². The highest BCUT2D eigenvalue weighted by molar-refractivity contribution is 5.91. The highest BCUT2D eigenvalue weighted by Crippen LogP contribution is 2.29. The molecule has 0 radical (unpaired) electrons. The Labute approximate surface area is 105 Å². The van der Waals surface area contributed by atoms with Crippen molar-refractivity contribution in [2.45, 2.75) is 0 Å². The van der Waals surface area contributed by atoms with Crippen LogP contribution in [0.5, 0.6) is 0 Å². The zero-order valence-corrected chi connectivity index (χ0v) is 10.00. The molecule has 2 rings (SSSR count). The lowest BCUT2D eigenvalue weighted by Crippen LogP contribution is -2.12. The van der Waals surface area contributed by atoms with Gasteiger partial charge in [0.2, 0.25) is 0 Å². The number of aromatic carboxylic acids is 1. The average molecular weight is 242 g/mol. The minimum absolute atomic E-state index is 0.192. The van der Waals surface area contributed by atoms with Crippen LogP contribution in [0.1, 0.15) is 10.4 Å². The van der Waals surface area contributed by atoms with Crippen molar-refractivity contribution in [1.82, 2.24) is 0 Å². The highest BCUT2D eigenvalue weighted by Gasteiger charge is 2.10. The van der Waals surface area contributed by atoms with Gasteiger partial charge >= 0.3 is 5.97 Å². The maximum absolute atomic E-state index is 10.8. The lowest BCUT2D eigenvalue weighted by Gasteiger charge is -2.21. The number of hydrogen-bond donors (Lipinski definition) is 2. The zero-order valence-electron chi connectivity index (χ0n) is 10.00. The Morgan fingerprint density at radius 2 is 1.83 bits per heavy atom. The number of benzene rings is 2. The molecule has 0 heterocycles. The number of carbonyl (C=O) groups is 1. The van der Waals surface area contributed by atoms with E-state index in [2.05, 4.69) is 0 Å². The normalized spacial score (nSPS) is 10.1. The minimum atomic E-state index is -0.976. The van der Waals surface area contributed by atoms with Crippen molar-refractivity contribution in [3.8, 4) is 0 Å². The Morgan fingerprint density at radius 1 is 1.17 bits per heavy atom. The lowest BCUT2D eigenvalue weighted by molar-refractivity contribution is 0.0697. The molecule has 0 aromatic heterocycles. The van der Waals surface area contributed by atoms with Gasteiger partial charge in [-0.1, -0.05) is 18.2 Å². The molecule has 0 amide bonds. The van der Waals surface area contributed by atoms with E-state index in [1.807, 2.05) is 42.3 Å². The smallest absolute Gasteiger partial charge is 0.335 e. The number of hydrogen-bond acceptors (Lipinski definition) is 3. The second kappa shape index (κ2) is 4.79. The summed E-state index contributed by atoms with van der Waals surface area (Å²) in [7, 11) is 1.89. The first kappa shape index (κ1) is 12.0. The predicted octanol–water partition coefficient (Wildman–Crippen LogP) is 2.73. The average Bonchev–Trinajstić information content (AvgIpc) is 2.38. The third kappa shape index (κ3) is 2.27. The topological polar surface area (TPSA) is 66.6 Å². The van der Waals surface area contributed by atoms with Gasteiger partial charge in [0.1, 0.15) is 0 Å². The largest absolute Gasteiger partial charge is 0.478 e. The summed E-state index contributed by atoms with van der Waals surface area (Å²) in [4.78, 5) is 12.8. The quantitative estimate of drug-likeness (QED) is 0.812. The van der Waals surface area contributed by atoms with Crippen molar-refractivity contribution in [2.24, 2.45) is 0 Å². The summed E-state index contributed by atoms with van der Waals surface area (Å²) >= 11 is 0. The predicted molar refractivity (Wildman–Crippen MR) is 72.3 cm³/mol. The van der Waals surface area contributed by atoms with E-state index in [1.165, 1.54) is 6.07 Å². The van der Waals surface area contributed by atoms with Crippen LogP contribution in [0.25, 0.3) is 0 Å². The Hall–Kier alpha value is -2.49. The summed E-state index contributed by atoms with van der Waals surface area (Å²) in [5.74, 6) is -0.976. The fourth-order valence-corrected chi connectivity index (χ4v) is 1.78. The van der Waals surface area contributed by atoms with Crippen molar-refractivity contribution in [3.63, 3.8) is 0 Å². The first-order valence-electron chi connectivity index (χ1n) is 5.51. The summed E-state index contributed by atoms with van der Waals surface area (Å²) in [6.07, 6.45) is 0. The van der Waals surface area contributed by atoms with Crippen LogP contribution in [0.15, 0.2) is 48.5 Å². The van der Waals surface area contributed by atoms with Gasteiger partial charge in [-0.25, -0.2) is 4.79 Å². The molecular weight excluding hydrogens is 228 g/mol. The number of anilines is 3. The van der Waals surface area contributed by atoms with E-state index in [9.17, 15) is 4.79 Å². The standard InChI is InChI=1S/C14H14N2O2/c1-16(11-5-3-2-4-6-11)13-8-7-10(14(17)18)9-12(13)15/h2-9H,15H2,1H3,(H,17,18). The van der Waals surface area contributed by atoms with Crippen LogP contribution in [0.2, 0.25) is 0 Å². The van der Waals surface area contributed by atoms with Gasteiger partial charge in [0, 0.05) is 12.7 Å². The van der Waals surface area contributed by atoms with Gasteiger partial charge in [-0.05, 0) is 30.3 Å². The van der Waals surface area contributed by atoms with E-state index >= 15 is 0 Å². The van der Waals surface area contributed by atoms with Crippen molar-refractivity contribution in [2.75, 3.05) is 17.7 Å². The van der Waals surface area contributed by atoms with E-state index in [4.69, 9.17) is 10.8 Å². The number of nitrogens with zero attached hydrogens (tertiary/aromatic N) is 1. The molecule has 0 atom stereocenters. The molecule has 0 saturated carbocycles. The molecule has 2 aromatic carbocycles. The summed E-state index contributed by atoms with van der Waals surface area (Å²) in [5, 5.41) is 8.89. The summed E-state index contributed by atoms with van der Waals surface area (Å²) < 4.78 is 0. The molecule has 4 nitrogen and oxygen atoms in total. The molecule has 92 valence electrons. The van der Waals surface area contributed by atoms with Crippen molar-refractivity contribution < 1.29 is 9.90 Å². The molecule has 0 aliphatic rings. The Morgan fingerprint density at radius 3 is 2.39 bits per heavy atom. The van der Waals surface area contributed by atoms with Gasteiger partial charge in [-0.15, -0.1) is 0 Å². The number of para-hydroxylation sites is 1. The molecule has 0 aliphatic heterocycles. The molecule has 18 heavy (non-hydrogen) atoms. The second-order valence-corrected chi connectivity index (χ2v) is 3.97. The Bertz CT molecular complexity index is 567. The minimum Gasteiger partial charge on any atom is -0.478 e. The van der Waals surface area contributed by atoms with E-state index < -0.39 is 5.97 Å². The monoisotopic (exact) mass is 242 g/mol. The van der Waals surface area contributed by atoms with Gasteiger partial charge in [0.05, 0.1) is 16.9 Å². The maximum Gasteiger partial charge on any atom is 0.335 e. The van der Waals surface area contributed by atoms with Crippen LogP contribution < -0.4 is 10.6 Å². The molecule has 3 N–H and O–H groups in total. The van der Waals surface area contributed by atoms with E-state index in [1.54, 1.807) is 12.1 Å². The maximum atomic E-state index is 10.8. The molecule has 4 heteroatoms. The van der Waals surface area contributed by atoms with Gasteiger partial charge in [-0.2, -0.15) is 0 Å². The van der Waals surface area contributed by atoms with Gasteiger partial charge in [0.25, 0.3) is 0 Å². The van der Waals surface area contributed by atoms with E-state index in [0.29, 0.717) is 5.69 Å². The number of carboxylic acid groups (broad SMARTS) is 1. The number of nitrogens with two attached hydrogens (primary N) is 1. The Balaban J connectivity index is 2.37. The molecular formula is C14H14N2O2. The number of nitrogen functional groups attached to an aromatic ring is 1. The lowest BCUT2D eigenvalue weighted by atomic mass is 10.1. The fourth-order valence-electron chi connectivity index (χ4n) is 1.78. The first-order chi connectivity index (χ1) is 8.59. The number of rotatable bonds is 3. The van der Waals surface area contributed by atoms with Crippen LogP contribution in [0.4, 0.5) is 17.1 Å². The summed E-state index contributed by atoms with van der Waals surface area (Å²) in [6, 6.07) is 14.5. The van der Waals surface area contributed by atoms with Gasteiger partial charge in [-0.3, -0.25) is 0 Å². The number of carboxylic acids is 1. The molecule has 0 unspecified atom stereocenters. The van der Waals surface area contributed by atoms with Gasteiger partial charge in [0.15, 0.2) is 0 Å². The van der Waals surface area contributed by atoms with E-state index in [0.717, 1.165) is 11.4 Å². The van der Waals surface area contributed by atoms with Crippen molar-refractivity contribution >= 4 is 23.0 Å². The van der Waals surface area contributed by atoms with Crippen molar-refractivity contribution in [3.05, 3.63) is 54.1 Å². The van der Waals surface area contributed by atoms with Crippen LogP contribution in [-0.2, 0) is 0 Å². The van der Waals surface area contributed by atoms with Crippen LogP contribution in [-0.4, -0.2) is 18.1 Å². The van der Waals surface area contributed by atoms with Crippen LogP contribution >= 0.6 is 0 Å². The molecule has 2 aromatic rings. The molecule has 0 spiro atoms. The second-order valence-electron chi connectivity index (χ2n) is 3.97. The molecule has 0 aliphatic carbocycles.